The van der Waals surface area contributed by atoms with Crippen LogP contribution in [0.1, 0.15) is 18.4 Å². The second kappa shape index (κ2) is 6.24. The normalized spacial score (nSPS) is 21.8. The highest BCUT2D eigenvalue weighted by molar-refractivity contribution is 9.11. The van der Waals surface area contributed by atoms with Crippen LogP contribution in [0.4, 0.5) is 5.69 Å². The predicted octanol–water partition coefficient (Wildman–Crippen LogP) is 3.09. The highest BCUT2D eigenvalue weighted by Crippen LogP contribution is 2.33. The van der Waals surface area contributed by atoms with Gasteiger partial charge in [-0.2, -0.15) is 0 Å². The van der Waals surface area contributed by atoms with Gasteiger partial charge < -0.3 is 15.2 Å². The molecule has 0 radical (unpaired) electrons. The SMILES string of the molecule is Cc1cc(Br)c(NC(=O)C2CCC(C(=O)O)O2)c(Br)c1. The Bertz CT molecular complexity index is 538. The van der Waals surface area contributed by atoms with Gasteiger partial charge in [0.05, 0.1) is 5.69 Å². The van der Waals surface area contributed by atoms with Gasteiger partial charge in [0.2, 0.25) is 0 Å². The van der Waals surface area contributed by atoms with Crippen LogP contribution in [0, 0.1) is 6.92 Å². The zero-order valence-corrected chi connectivity index (χ0v) is 13.8. The van der Waals surface area contributed by atoms with E-state index in [1.165, 1.54) is 0 Å². The van der Waals surface area contributed by atoms with Gasteiger partial charge in [-0.15, -0.1) is 0 Å². The van der Waals surface area contributed by atoms with Crippen LogP contribution in [-0.2, 0) is 14.3 Å². The molecule has 1 aromatic carbocycles. The molecule has 1 aliphatic heterocycles. The zero-order valence-electron chi connectivity index (χ0n) is 10.7. The quantitative estimate of drug-likeness (QED) is 0.808. The highest BCUT2D eigenvalue weighted by atomic mass is 79.9. The second-order valence-electron chi connectivity index (χ2n) is 4.62. The number of hydrogen-bond donors (Lipinski definition) is 2. The van der Waals surface area contributed by atoms with E-state index in [0.29, 0.717) is 18.5 Å². The summed E-state index contributed by atoms with van der Waals surface area (Å²) in [6, 6.07) is 3.77. The first-order valence-corrected chi connectivity index (χ1v) is 7.62. The van der Waals surface area contributed by atoms with Gasteiger partial charge in [0, 0.05) is 8.95 Å². The molecule has 1 aliphatic rings. The molecule has 108 valence electrons. The molecule has 1 heterocycles. The van der Waals surface area contributed by atoms with Gasteiger partial charge in [0.1, 0.15) is 6.10 Å². The van der Waals surface area contributed by atoms with E-state index < -0.39 is 18.2 Å². The Labute approximate surface area is 132 Å². The molecule has 7 heteroatoms. The van der Waals surface area contributed by atoms with Crippen LogP contribution < -0.4 is 5.32 Å². The molecule has 1 fully saturated rings. The number of aliphatic carboxylic acids is 1. The summed E-state index contributed by atoms with van der Waals surface area (Å²) in [5.41, 5.74) is 1.66. The predicted molar refractivity (Wildman–Crippen MR) is 80.7 cm³/mol. The number of carboxylic acids is 1. The molecule has 0 aliphatic carbocycles. The monoisotopic (exact) mass is 405 g/mol. The number of hydrogen-bond acceptors (Lipinski definition) is 3. The van der Waals surface area contributed by atoms with Crippen LogP contribution in [-0.4, -0.2) is 29.2 Å². The summed E-state index contributed by atoms with van der Waals surface area (Å²) >= 11 is 6.78. The van der Waals surface area contributed by atoms with Gasteiger partial charge in [-0.3, -0.25) is 4.79 Å². The van der Waals surface area contributed by atoms with Crippen molar-refractivity contribution in [1.82, 2.24) is 0 Å². The molecule has 1 amide bonds. The van der Waals surface area contributed by atoms with Crippen LogP contribution in [0.25, 0.3) is 0 Å². The van der Waals surface area contributed by atoms with Gasteiger partial charge in [-0.25, -0.2) is 4.79 Å². The van der Waals surface area contributed by atoms with Crippen molar-refractivity contribution >= 4 is 49.4 Å². The number of ether oxygens (including phenoxy) is 1. The Hall–Kier alpha value is -0.920. The number of carboxylic acid groups (broad SMARTS) is 1. The van der Waals surface area contributed by atoms with Crippen molar-refractivity contribution in [2.24, 2.45) is 0 Å². The average molecular weight is 407 g/mol. The number of rotatable bonds is 3. The molecule has 0 spiro atoms. The molecule has 0 aromatic heterocycles. The van der Waals surface area contributed by atoms with Crippen LogP contribution in [0.5, 0.6) is 0 Å². The molecular weight excluding hydrogens is 394 g/mol. The third kappa shape index (κ3) is 3.39. The van der Waals surface area contributed by atoms with Crippen LogP contribution in [0.2, 0.25) is 0 Å². The maximum atomic E-state index is 12.1. The van der Waals surface area contributed by atoms with Gasteiger partial charge >= 0.3 is 5.97 Å². The Morgan fingerprint density at radius 1 is 1.25 bits per heavy atom. The molecule has 1 saturated heterocycles. The lowest BCUT2D eigenvalue weighted by molar-refractivity contribution is -0.150. The van der Waals surface area contributed by atoms with Crippen LogP contribution in [0.3, 0.4) is 0 Å². The third-order valence-electron chi connectivity index (χ3n) is 3.02. The number of anilines is 1. The minimum Gasteiger partial charge on any atom is -0.479 e. The molecule has 5 nitrogen and oxygen atoms in total. The molecule has 2 rings (SSSR count). The molecule has 2 atom stereocenters. The summed E-state index contributed by atoms with van der Waals surface area (Å²) in [5.74, 6) is -1.36. The van der Waals surface area contributed by atoms with Gasteiger partial charge in [-0.05, 0) is 69.3 Å². The molecule has 0 saturated carbocycles. The minimum absolute atomic E-state index is 0.334. The fraction of sp³-hybridized carbons (Fsp3) is 0.385. The Balaban J connectivity index is 2.08. The Morgan fingerprint density at radius 2 is 1.80 bits per heavy atom. The Kier molecular flexibility index (Phi) is 4.82. The number of aryl methyl sites for hydroxylation is 1. The highest BCUT2D eigenvalue weighted by Gasteiger charge is 2.35. The minimum atomic E-state index is -1.03. The number of benzene rings is 1. The maximum absolute atomic E-state index is 12.1. The van der Waals surface area contributed by atoms with Crippen molar-refractivity contribution in [1.29, 1.82) is 0 Å². The van der Waals surface area contributed by atoms with E-state index in [2.05, 4.69) is 37.2 Å². The van der Waals surface area contributed by atoms with E-state index in [4.69, 9.17) is 9.84 Å². The first-order valence-electron chi connectivity index (χ1n) is 6.03. The lowest BCUT2D eigenvalue weighted by Crippen LogP contribution is -2.30. The summed E-state index contributed by atoms with van der Waals surface area (Å²) in [7, 11) is 0. The van der Waals surface area contributed by atoms with Gasteiger partial charge in [0.25, 0.3) is 5.91 Å². The summed E-state index contributed by atoms with van der Waals surface area (Å²) in [6.45, 7) is 1.94. The molecule has 20 heavy (non-hydrogen) atoms. The van der Waals surface area contributed by atoms with Gasteiger partial charge in [0.15, 0.2) is 6.10 Å². The lowest BCUT2D eigenvalue weighted by Gasteiger charge is -2.14. The number of carbonyl (C=O) groups is 2. The lowest BCUT2D eigenvalue weighted by atomic mass is 10.2. The molecular formula is C13H13Br2NO4. The molecule has 2 N–H and O–H groups in total. The summed E-state index contributed by atoms with van der Waals surface area (Å²) in [6.07, 6.45) is -0.861. The summed E-state index contributed by atoms with van der Waals surface area (Å²) < 4.78 is 6.73. The van der Waals surface area contributed by atoms with Crippen molar-refractivity contribution in [2.45, 2.75) is 32.0 Å². The first kappa shape index (κ1) is 15.5. The van der Waals surface area contributed by atoms with Crippen molar-refractivity contribution < 1.29 is 19.4 Å². The van der Waals surface area contributed by atoms with Crippen molar-refractivity contribution in [2.75, 3.05) is 5.32 Å². The van der Waals surface area contributed by atoms with Crippen LogP contribution >= 0.6 is 31.9 Å². The number of carbonyl (C=O) groups excluding carboxylic acids is 1. The van der Waals surface area contributed by atoms with Gasteiger partial charge in [-0.1, -0.05) is 0 Å². The number of amides is 1. The van der Waals surface area contributed by atoms with E-state index in [9.17, 15) is 9.59 Å². The topological polar surface area (TPSA) is 75.6 Å². The first-order chi connectivity index (χ1) is 9.38. The second-order valence-corrected chi connectivity index (χ2v) is 6.33. The smallest absolute Gasteiger partial charge is 0.332 e. The molecule has 0 bridgehead atoms. The third-order valence-corrected chi connectivity index (χ3v) is 4.27. The van der Waals surface area contributed by atoms with E-state index in [1.54, 1.807) is 0 Å². The maximum Gasteiger partial charge on any atom is 0.332 e. The van der Waals surface area contributed by atoms with E-state index >= 15 is 0 Å². The van der Waals surface area contributed by atoms with Crippen molar-refractivity contribution in [3.05, 3.63) is 26.6 Å². The fourth-order valence-corrected chi connectivity index (χ4v) is 3.65. The van der Waals surface area contributed by atoms with Crippen molar-refractivity contribution in [3.8, 4) is 0 Å². The summed E-state index contributed by atoms with van der Waals surface area (Å²) in [5, 5.41) is 11.6. The largest absolute Gasteiger partial charge is 0.479 e. The fourth-order valence-electron chi connectivity index (χ4n) is 2.03. The molecule has 2 unspecified atom stereocenters. The van der Waals surface area contributed by atoms with Crippen molar-refractivity contribution in [3.63, 3.8) is 0 Å². The number of nitrogens with one attached hydrogen (secondary N) is 1. The van der Waals surface area contributed by atoms with E-state index in [1.807, 2.05) is 19.1 Å². The average Bonchev–Trinajstić information content (AvgIpc) is 2.83. The number of halogens is 2. The summed E-state index contributed by atoms with van der Waals surface area (Å²) in [4.78, 5) is 22.9. The van der Waals surface area contributed by atoms with Crippen LogP contribution in [0.15, 0.2) is 21.1 Å². The zero-order chi connectivity index (χ0) is 14.9. The standard InChI is InChI=1S/C13H13Br2NO4/c1-6-4-7(14)11(8(15)5-6)16-12(17)9-2-3-10(20-9)13(18)19/h4-5,9-10H,2-3H2,1H3,(H,16,17)(H,18,19). The molecule has 1 aromatic rings. The Morgan fingerprint density at radius 3 is 2.30 bits per heavy atom. The van der Waals surface area contributed by atoms with E-state index in [-0.39, 0.29) is 5.91 Å². The van der Waals surface area contributed by atoms with E-state index in [0.717, 1.165) is 14.5 Å².